The Morgan fingerprint density at radius 1 is 1.55 bits per heavy atom. The third-order valence-electron chi connectivity index (χ3n) is 3.29. The van der Waals surface area contributed by atoms with Gasteiger partial charge in [-0.2, -0.15) is 0 Å². The van der Waals surface area contributed by atoms with Crippen LogP contribution in [0.4, 0.5) is 0 Å². The molecule has 1 aromatic rings. The molecule has 1 aromatic heterocycles. The van der Waals surface area contributed by atoms with Crippen molar-refractivity contribution in [1.82, 2.24) is 4.90 Å². The maximum absolute atomic E-state index is 12.1. The van der Waals surface area contributed by atoms with Crippen molar-refractivity contribution in [2.75, 3.05) is 19.7 Å². The van der Waals surface area contributed by atoms with Crippen LogP contribution < -0.4 is 0 Å². The fourth-order valence-electron chi connectivity index (χ4n) is 2.27. The molecule has 1 amide bonds. The molecule has 0 bridgehead atoms. The molecule has 0 aliphatic carbocycles. The van der Waals surface area contributed by atoms with Crippen molar-refractivity contribution in [3.63, 3.8) is 0 Å². The zero-order chi connectivity index (χ0) is 14.4. The van der Waals surface area contributed by atoms with E-state index in [1.54, 1.807) is 36.3 Å². The Hall–Kier alpha value is -2.04. The highest BCUT2D eigenvalue weighted by Crippen LogP contribution is 2.18. The monoisotopic (exact) mass is 277 g/mol. The van der Waals surface area contributed by atoms with Crippen LogP contribution in [0.1, 0.15) is 25.5 Å². The molecule has 0 radical (unpaired) electrons. The summed E-state index contributed by atoms with van der Waals surface area (Å²) in [7, 11) is 0. The third kappa shape index (κ3) is 3.73. The molecule has 0 spiro atoms. The molecule has 20 heavy (non-hydrogen) atoms. The number of nitrogens with zero attached hydrogens (tertiary/aromatic N) is 1. The summed E-state index contributed by atoms with van der Waals surface area (Å²) in [5.74, 6) is 0.123. The van der Waals surface area contributed by atoms with Crippen LogP contribution >= 0.6 is 0 Å². The maximum atomic E-state index is 12.1. The van der Waals surface area contributed by atoms with E-state index >= 15 is 0 Å². The van der Waals surface area contributed by atoms with Crippen molar-refractivity contribution in [2.45, 2.75) is 19.8 Å². The van der Waals surface area contributed by atoms with Gasteiger partial charge in [0.15, 0.2) is 0 Å². The van der Waals surface area contributed by atoms with E-state index in [4.69, 9.17) is 9.15 Å². The lowest BCUT2D eigenvalue weighted by molar-refractivity contribution is -0.150. The lowest BCUT2D eigenvalue weighted by Gasteiger charge is -2.30. The largest absolute Gasteiger partial charge is 0.466 e. The second-order valence-corrected chi connectivity index (χ2v) is 4.72. The summed E-state index contributed by atoms with van der Waals surface area (Å²) in [5.41, 5.74) is 0. The Morgan fingerprint density at radius 3 is 3.10 bits per heavy atom. The second-order valence-electron chi connectivity index (χ2n) is 4.72. The number of amides is 1. The number of furan rings is 1. The Bertz CT molecular complexity index is 478. The van der Waals surface area contributed by atoms with E-state index < -0.39 is 0 Å². The summed E-state index contributed by atoms with van der Waals surface area (Å²) in [4.78, 5) is 25.5. The number of piperidine rings is 1. The predicted molar refractivity (Wildman–Crippen MR) is 73.7 cm³/mol. The molecule has 1 saturated heterocycles. The van der Waals surface area contributed by atoms with Crippen molar-refractivity contribution in [3.8, 4) is 0 Å². The van der Waals surface area contributed by atoms with Gasteiger partial charge in [0.25, 0.3) is 0 Å². The van der Waals surface area contributed by atoms with Gasteiger partial charge in [0, 0.05) is 19.2 Å². The molecule has 1 aliphatic heterocycles. The minimum Gasteiger partial charge on any atom is -0.466 e. The third-order valence-corrected chi connectivity index (χ3v) is 3.29. The lowest BCUT2D eigenvalue weighted by atomic mass is 9.98. The van der Waals surface area contributed by atoms with Crippen LogP contribution in [0.25, 0.3) is 6.08 Å². The highest BCUT2D eigenvalue weighted by atomic mass is 16.5. The SMILES string of the molecule is CCOC(=O)[C@H]1CCCN(C(=O)/C=C/c2ccco2)C1. The van der Waals surface area contributed by atoms with Gasteiger partial charge in [0.1, 0.15) is 5.76 Å². The first-order valence-corrected chi connectivity index (χ1v) is 6.88. The van der Waals surface area contributed by atoms with Crippen LogP contribution in [0.2, 0.25) is 0 Å². The Morgan fingerprint density at radius 2 is 2.40 bits per heavy atom. The molecule has 2 rings (SSSR count). The van der Waals surface area contributed by atoms with Crippen molar-refractivity contribution >= 4 is 18.0 Å². The fraction of sp³-hybridized carbons (Fsp3) is 0.467. The second kappa shape index (κ2) is 6.93. The summed E-state index contributed by atoms with van der Waals surface area (Å²) in [5, 5.41) is 0. The van der Waals surface area contributed by atoms with Gasteiger partial charge in [-0.3, -0.25) is 9.59 Å². The average molecular weight is 277 g/mol. The number of ether oxygens (including phenoxy) is 1. The van der Waals surface area contributed by atoms with Gasteiger partial charge < -0.3 is 14.1 Å². The van der Waals surface area contributed by atoms with E-state index in [0.717, 1.165) is 12.8 Å². The zero-order valence-corrected chi connectivity index (χ0v) is 11.6. The highest BCUT2D eigenvalue weighted by molar-refractivity contribution is 5.91. The van der Waals surface area contributed by atoms with Gasteiger partial charge in [0.2, 0.25) is 5.91 Å². The van der Waals surface area contributed by atoms with Crippen molar-refractivity contribution in [3.05, 3.63) is 30.2 Å². The predicted octanol–water partition coefficient (Wildman–Crippen LogP) is 2.09. The molecule has 1 fully saturated rings. The van der Waals surface area contributed by atoms with E-state index in [1.807, 2.05) is 0 Å². The Kier molecular flexibility index (Phi) is 4.98. The molecular weight excluding hydrogens is 258 g/mol. The molecule has 0 N–H and O–H groups in total. The van der Waals surface area contributed by atoms with Crippen LogP contribution in [0.15, 0.2) is 28.9 Å². The molecule has 0 unspecified atom stereocenters. The summed E-state index contributed by atoms with van der Waals surface area (Å²) in [6, 6.07) is 3.54. The number of hydrogen-bond donors (Lipinski definition) is 0. The van der Waals surface area contributed by atoms with E-state index in [9.17, 15) is 9.59 Å². The van der Waals surface area contributed by atoms with Gasteiger partial charge >= 0.3 is 5.97 Å². The molecule has 1 atom stereocenters. The topological polar surface area (TPSA) is 59.8 Å². The molecule has 5 nitrogen and oxygen atoms in total. The lowest BCUT2D eigenvalue weighted by Crippen LogP contribution is -2.42. The van der Waals surface area contributed by atoms with E-state index in [-0.39, 0.29) is 17.8 Å². The standard InChI is InChI=1S/C15H19NO4/c1-2-19-15(18)12-5-3-9-16(11-12)14(17)8-7-13-6-4-10-20-13/h4,6-8,10,12H,2-3,5,9,11H2,1H3/b8-7+/t12-/m0/s1. The van der Waals surface area contributed by atoms with Crippen LogP contribution in [0.3, 0.4) is 0 Å². The number of rotatable bonds is 4. The Balaban J connectivity index is 1.91. The normalized spacial score (nSPS) is 19.2. The van der Waals surface area contributed by atoms with Crippen LogP contribution in [0, 0.1) is 5.92 Å². The molecular formula is C15H19NO4. The first kappa shape index (κ1) is 14.4. The van der Waals surface area contributed by atoms with E-state index in [2.05, 4.69) is 0 Å². The number of hydrogen-bond acceptors (Lipinski definition) is 4. The van der Waals surface area contributed by atoms with Crippen LogP contribution in [-0.4, -0.2) is 36.5 Å². The fourth-order valence-corrected chi connectivity index (χ4v) is 2.27. The maximum Gasteiger partial charge on any atom is 0.310 e. The van der Waals surface area contributed by atoms with Gasteiger partial charge in [-0.15, -0.1) is 0 Å². The van der Waals surface area contributed by atoms with Gasteiger partial charge in [0.05, 0.1) is 18.8 Å². The first-order chi connectivity index (χ1) is 9.70. The van der Waals surface area contributed by atoms with E-state index in [1.165, 1.54) is 6.08 Å². The molecule has 108 valence electrons. The molecule has 0 saturated carbocycles. The zero-order valence-electron chi connectivity index (χ0n) is 11.6. The summed E-state index contributed by atoms with van der Waals surface area (Å²) >= 11 is 0. The summed E-state index contributed by atoms with van der Waals surface area (Å²) in [6.07, 6.45) is 6.28. The van der Waals surface area contributed by atoms with Crippen LogP contribution in [-0.2, 0) is 14.3 Å². The first-order valence-electron chi connectivity index (χ1n) is 6.88. The van der Waals surface area contributed by atoms with Crippen molar-refractivity contribution in [2.24, 2.45) is 5.92 Å². The van der Waals surface area contributed by atoms with E-state index in [0.29, 0.717) is 25.5 Å². The quantitative estimate of drug-likeness (QED) is 0.624. The average Bonchev–Trinajstić information content (AvgIpc) is 2.98. The number of likely N-dealkylation sites (tertiary alicyclic amines) is 1. The summed E-state index contributed by atoms with van der Waals surface area (Å²) in [6.45, 7) is 3.27. The minimum absolute atomic E-state index is 0.101. The molecule has 1 aliphatic rings. The number of carbonyl (C=O) groups excluding carboxylic acids is 2. The van der Waals surface area contributed by atoms with Crippen LogP contribution in [0.5, 0.6) is 0 Å². The molecule has 2 heterocycles. The van der Waals surface area contributed by atoms with Gasteiger partial charge in [-0.25, -0.2) is 0 Å². The smallest absolute Gasteiger partial charge is 0.310 e. The molecule has 5 heteroatoms. The van der Waals surface area contributed by atoms with Gasteiger partial charge in [-0.05, 0) is 38.0 Å². The number of carbonyl (C=O) groups is 2. The minimum atomic E-state index is -0.208. The highest BCUT2D eigenvalue weighted by Gasteiger charge is 2.28. The van der Waals surface area contributed by atoms with Crippen molar-refractivity contribution in [1.29, 1.82) is 0 Å². The molecule has 0 aromatic carbocycles. The Labute approximate surface area is 118 Å². The van der Waals surface area contributed by atoms with Gasteiger partial charge in [-0.1, -0.05) is 0 Å². The van der Waals surface area contributed by atoms with Crippen molar-refractivity contribution < 1.29 is 18.7 Å². The number of esters is 1. The summed E-state index contributed by atoms with van der Waals surface area (Å²) < 4.78 is 10.1.